The number of aliphatic hydroxyl groups is 2. The van der Waals surface area contributed by atoms with Gasteiger partial charge in [0.1, 0.15) is 6.10 Å². The van der Waals surface area contributed by atoms with Crippen molar-refractivity contribution in [2.75, 3.05) is 0 Å². The fourth-order valence-electron chi connectivity index (χ4n) is 5.00. The number of hydrogen-bond donors (Lipinski definition) is 2. The summed E-state index contributed by atoms with van der Waals surface area (Å²) in [5.41, 5.74) is -11.7. The first kappa shape index (κ1) is 33.8. The topological polar surface area (TPSA) is 66.8 Å². The number of hydrogen-bond acceptors (Lipinski definition) is 4. The monoisotopic (exact) mass is 560 g/mol. The first-order valence-corrected chi connectivity index (χ1v) is 11.8. The lowest BCUT2D eigenvalue weighted by atomic mass is 9.61. The van der Waals surface area contributed by atoms with E-state index in [-0.39, 0.29) is 13.3 Å². The van der Waals surface area contributed by atoms with E-state index in [9.17, 15) is 54.5 Å². The van der Waals surface area contributed by atoms with E-state index >= 15 is 0 Å². The van der Waals surface area contributed by atoms with Crippen molar-refractivity contribution in [3.05, 3.63) is 0 Å². The first-order valence-electron chi connectivity index (χ1n) is 11.8. The van der Waals surface area contributed by atoms with Gasteiger partial charge in [-0.1, -0.05) is 41.5 Å². The van der Waals surface area contributed by atoms with Crippen LogP contribution in [0.15, 0.2) is 0 Å². The van der Waals surface area contributed by atoms with Gasteiger partial charge in [0, 0.05) is 11.8 Å². The van der Waals surface area contributed by atoms with Crippen LogP contribution >= 0.6 is 0 Å². The van der Waals surface area contributed by atoms with Gasteiger partial charge in [0.05, 0.1) is 5.41 Å². The number of rotatable bonds is 5. The van der Waals surface area contributed by atoms with Crippen LogP contribution in [0, 0.1) is 28.1 Å². The minimum absolute atomic E-state index is 0.178. The maximum atomic E-state index is 13.6. The number of carbonyl (C=O) groups excluding carboxylic acids is 1. The fraction of sp³-hybridized carbons (Fsp3) is 0.958. The Hall–Kier alpha value is -1.24. The summed E-state index contributed by atoms with van der Waals surface area (Å²) in [7, 11) is 0. The van der Waals surface area contributed by atoms with E-state index in [0.717, 1.165) is 0 Å². The lowest BCUT2D eigenvalue weighted by Gasteiger charge is -2.48. The van der Waals surface area contributed by atoms with Crippen molar-refractivity contribution in [2.45, 2.75) is 117 Å². The average Bonchev–Trinajstić information content (AvgIpc) is 2.61. The molecule has 5 atom stereocenters. The molecule has 1 fully saturated rings. The summed E-state index contributed by atoms with van der Waals surface area (Å²) < 4.78 is 128. The van der Waals surface area contributed by atoms with Gasteiger partial charge >= 0.3 is 24.5 Å². The molecule has 1 aliphatic rings. The molecule has 37 heavy (non-hydrogen) atoms. The summed E-state index contributed by atoms with van der Waals surface area (Å²) in [5, 5.41) is 20.1. The molecule has 0 aromatic rings. The van der Waals surface area contributed by atoms with Crippen LogP contribution in [0.5, 0.6) is 0 Å². The highest BCUT2D eigenvalue weighted by Gasteiger charge is 2.75. The molecule has 0 amide bonds. The van der Waals surface area contributed by atoms with Crippen molar-refractivity contribution >= 4 is 5.97 Å². The van der Waals surface area contributed by atoms with Crippen molar-refractivity contribution in [3.63, 3.8) is 0 Å². The Bertz CT molecular complexity index is 803. The molecule has 0 aromatic carbocycles. The van der Waals surface area contributed by atoms with Crippen LogP contribution in [0.4, 0.5) is 39.5 Å². The molecule has 0 aliphatic heterocycles. The third kappa shape index (κ3) is 6.67. The predicted octanol–water partition coefficient (Wildman–Crippen LogP) is 6.97. The van der Waals surface area contributed by atoms with E-state index in [0.29, 0.717) is 0 Å². The molecule has 1 saturated carbocycles. The van der Waals surface area contributed by atoms with Gasteiger partial charge in [-0.3, -0.25) is 4.79 Å². The first-order chi connectivity index (χ1) is 15.9. The van der Waals surface area contributed by atoms with Crippen LogP contribution in [0.1, 0.15) is 81.1 Å². The standard InChI is InChI=1S/C24H37F9O4/c1-17(2,3)12-19(7,18(4,5)6)16(34)37-15-10-13(20(8,35)22(25,26)27)9-14(11-15)21(36,23(28,29)30)24(31,32)33/h13-15,35-36H,9-12H2,1-8H3. The van der Waals surface area contributed by atoms with E-state index in [4.69, 9.17) is 4.74 Å². The molecule has 13 heteroatoms. The molecule has 220 valence electrons. The maximum Gasteiger partial charge on any atom is 0.426 e. The van der Waals surface area contributed by atoms with Crippen molar-refractivity contribution in [2.24, 2.45) is 28.1 Å². The van der Waals surface area contributed by atoms with Crippen LogP contribution in [0.2, 0.25) is 0 Å². The van der Waals surface area contributed by atoms with Gasteiger partial charge in [-0.2, -0.15) is 39.5 Å². The Morgan fingerprint density at radius 3 is 1.43 bits per heavy atom. The maximum absolute atomic E-state index is 13.6. The number of carbonyl (C=O) groups is 1. The highest BCUT2D eigenvalue weighted by molar-refractivity contribution is 5.77. The molecule has 1 rings (SSSR count). The van der Waals surface area contributed by atoms with Gasteiger partial charge in [0.25, 0.3) is 5.60 Å². The second kappa shape index (κ2) is 9.75. The summed E-state index contributed by atoms with van der Waals surface area (Å²) in [4.78, 5) is 13.3. The molecule has 0 bridgehead atoms. The zero-order chi connectivity index (χ0) is 29.8. The second-order valence-electron chi connectivity index (χ2n) is 12.9. The summed E-state index contributed by atoms with van der Waals surface area (Å²) >= 11 is 0. The van der Waals surface area contributed by atoms with Crippen molar-refractivity contribution < 1.29 is 59.3 Å². The Morgan fingerprint density at radius 1 is 0.703 bits per heavy atom. The Morgan fingerprint density at radius 2 is 1.11 bits per heavy atom. The zero-order valence-electron chi connectivity index (χ0n) is 22.2. The molecule has 0 aromatic heterocycles. The van der Waals surface area contributed by atoms with Crippen molar-refractivity contribution in [3.8, 4) is 0 Å². The van der Waals surface area contributed by atoms with Gasteiger partial charge in [0.2, 0.25) is 0 Å². The van der Waals surface area contributed by atoms with Crippen molar-refractivity contribution in [1.29, 1.82) is 0 Å². The Labute approximate surface area is 210 Å². The van der Waals surface area contributed by atoms with E-state index in [1.807, 2.05) is 0 Å². The van der Waals surface area contributed by atoms with Crippen LogP contribution in [0.3, 0.4) is 0 Å². The number of halogens is 9. The molecule has 2 N–H and O–H groups in total. The number of ether oxygens (including phenoxy) is 1. The van der Waals surface area contributed by atoms with Gasteiger partial charge in [-0.15, -0.1) is 0 Å². The molecular formula is C24H37F9O4. The lowest BCUT2D eigenvalue weighted by Crippen LogP contribution is -2.64. The molecule has 0 heterocycles. The third-order valence-electron chi connectivity index (χ3n) is 7.75. The van der Waals surface area contributed by atoms with Crippen LogP contribution in [0.25, 0.3) is 0 Å². The minimum Gasteiger partial charge on any atom is -0.462 e. The van der Waals surface area contributed by atoms with Crippen LogP contribution in [-0.2, 0) is 9.53 Å². The van der Waals surface area contributed by atoms with Gasteiger partial charge in [0.15, 0.2) is 5.60 Å². The quantitative estimate of drug-likeness (QED) is 0.282. The van der Waals surface area contributed by atoms with Crippen molar-refractivity contribution in [1.82, 2.24) is 0 Å². The molecule has 0 saturated heterocycles. The summed E-state index contributed by atoms with van der Waals surface area (Å²) in [6.45, 7) is 12.1. The largest absolute Gasteiger partial charge is 0.462 e. The Balaban J connectivity index is 3.60. The van der Waals surface area contributed by atoms with E-state index in [1.165, 1.54) is 6.92 Å². The zero-order valence-corrected chi connectivity index (χ0v) is 22.2. The number of esters is 1. The SMILES string of the molecule is CC(C)(C)CC(C)(C(=O)OC1CC(C(C)(O)C(F)(F)F)CC(C(O)(C(F)(F)F)C(F)(F)F)C1)C(C)(C)C. The molecule has 4 nitrogen and oxygen atoms in total. The predicted molar refractivity (Wildman–Crippen MR) is 116 cm³/mol. The van der Waals surface area contributed by atoms with E-state index in [2.05, 4.69) is 0 Å². The molecule has 0 spiro atoms. The molecule has 5 unspecified atom stereocenters. The number of alkyl halides is 9. The fourth-order valence-corrected chi connectivity index (χ4v) is 5.00. The average molecular weight is 561 g/mol. The highest BCUT2D eigenvalue weighted by Crippen LogP contribution is 2.56. The molecule has 0 radical (unpaired) electrons. The van der Waals surface area contributed by atoms with E-state index < -0.39 is 89.1 Å². The van der Waals surface area contributed by atoms with Gasteiger partial charge < -0.3 is 14.9 Å². The van der Waals surface area contributed by atoms with Crippen LogP contribution < -0.4 is 0 Å². The van der Waals surface area contributed by atoms with Gasteiger partial charge in [-0.05, 0) is 50.4 Å². The highest BCUT2D eigenvalue weighted by atomic mass is 19.4. The summed E-state index contributed by atoms with van der Waals surface area (Å²) in [5.74, 6) is -6.11. The molecule has 1 aliphatic carbocycles. The lowest BCUT2D eigenvalue weighted by molar-refractivity contribution is -0.391. The Kier molecular flexibility index (Phi) is 8.90. The second-order valence-corrected chi connectivity index (χ2v) is 12.9. The molecular weight excluding hydrogens is 523 g/mol. The minimum atomic E-state index is -6.30. The summed E-state index contributed by atoms with van der Waals surface area (Å²) in [6, 6.07) is 0. The third-order valence-corrected chi connectivity index (χ3v) is 7.75. The van der Waals surface area contributed by atoms with Crippen LogP contribution in [-0.4, -0.2) is 52.0 Å². The summed E-state index contributed by atoms with van der Waals surface area (Å²) in [6.07, 6.45) is -23.2. The normalized spacial score (nSPS) is 26.3. The van der Waals surface area contributed by atoms with E-state index in [1.54, 1.807) is 41.5 Å². The van der Waals surface area contributed by atoms with Gasteiger partial charge in [-0.25, -0.2) is 0 Å². The smallest absolute Gasteiger partial charge is 0.426 e.